The molecule has 3 unspecified atom stereocenters. The molecule has 3 atom stereocenters. The van der Waals surface area contributed by atoms with Gasteiger partial charge in [-0.15, -0.1) is 0 Å². The molecule has 1 heterocycles. The second-order valence-corrected chi connectivity index (χ2v) is 6.96. The number of carbonyl (C=O) groups is 1. The fraction of sp³-hybridized carbons (Fsp3) is 0.550. The summed E-state index contributed by atoms with van der Waals surface area (Å²) in [6.45, 7) is 4.25. The Kier molecular flexibility index (Phi) is 5.13. The summed E-state index contributed by atoms with van der Waals surface area (Å²) >= 11 is 0. The molecular formula is C20H25FO4. The highest BCUT2D eigenvalue weighted by molar-refractivity contribution is 5.93. The van der Waals surface area contributed by atoms with Gasteiger partial charge in [0.15, 0.2) is 12.6 Å². The Balaban J connectivity index is 1.85. The van der Waals surface area contributed by atoms with Crippen LogP contribution in [-0.4, -0.2) is 25.3 Å². The highest BCUT2D eigenvalue weighted by atomic mass is 19.1. The van der Waals surface area contributed by atoms with Gasteiger partial charge >= 0.3 is 0 Å². The third-order valence-electron chi connectivity index (χ3n) is 5.39. The molecule has 1 aromatic rings. The fourth-order valence-corrected chi connectivity index (χ4v) is 3.92. The minimum atomic E-state index is -0.639. The Morgan fingerprint density at radius 3 is 2.92 bits per heavy atom. The van der Waals surface area contributed by atoms with Crippen LogP contribution in [0.3, 0.4) is 0 Å². The van der Waals surface area contributed by atoms with Crippen molar-refractivity contribution >= 4 is 5.78 Å². The normalized spacial score (nSPS) is 26.6. The zero-order valence-corrected chi connectivity index (χ0v) is 15.0. The lowest BCUT2D eigenvalue weighted by Crippen LogP contribution is -2.45. The molecule has 0 radical (unpaired) electrons. The highest BCUT2D eigenvalue weighted by Gasteiger charge is 2.51. The number of methoxy groups -OCH3 is 1. The number of benzene rings is 1. The molecule has 3 rings (SSSR count). The van der Waals surface area contributed by atoms with Crippen molar-refractivity contribution < 1.29 is 23.4 Å². The predicted octanol–water partition coefficient (Wildman–Crippen LogP) is 4.03. The van der Waals surface area contributed by atoms with E-state index in [4.69, 9.17) is 14.2 Å². The van der Waals surface area contributed by atoms with Crippen molar-refractivity contribution in [3.8, 4) is 5.75 Å². The van der Waals surface area contributed by atoms with Gasteiger partial charge in [0.1, 0.15) is 22.9 Å². The first-order chi connectivity index (χ1) is 12.0. The number of ether oxygens (including phenoxy) is 3. The number of halogens is 1. The van der Waals surface area contributed by atoms with Crippen LogP contribution in [0.4, 0.5) is 4.39 Å². The SMILES string of the molecule is CCCC1CC2(C(C)Cc3ccc(OC)cc3F)OCOC2=CC1=O. The summed E-state index contributed by atoms with van der Waals surface area (Å²) in [7, 11) is 1.52. The second-order valence-electron chi connectivity index (χ2n) is 6.96. The van der Waals surface area contributed by atoms with E-state index in [9.17, 15) is 9.18 Å². The van der Waals surface area contributed by atoms with Gasteiger partial charge in [-0.2, -0.15) is 0 Å². The van der Waals surface area contributed by atoms with Gasteiger partial charge in [-0.1, -0.05) is 26.3 Å². The van der Waals surface area contributed by atoms with E-state index in [1.54, 1.807) is 18.2 Å². The minimum Gasteiger partial charge on any atom is -0.497 e. The van der Waals surface area contributed by atoms with Crippen LogP contribution in [-0.2, 0) is 20.7 Å². The summed E-state index contributed by atoms with van der Waals surface area (Å²) in [6, 6.07) is 4.90. The molecule has 1 saturated heterocycles. The first-order valence-corrected chi connectivity index (χ1v) is 8.85. The van der Waals surface area contributed by atoms with Crippen molar-refractivity contribution in [2.45, 2.75) is 45.1 Å². The van der Waals surface area contributed by atoms with Crippen molar-refractivity contribution in [2.75, 3.05) is 13.9 Å². The molecule has 0 spiro atoms. The Morgan fingerprint density at radius 2 is 2.24 bits per heavy atom. The summed E-state index contributed by atoms with van der Waals surface area (Å²) in [5.41, 5.74) is -0.0263. The lowest BCUT2D eigenvalue weighted by atomic mass is 9.71. The van der Waals surface area contributed by atoms with Gasteiger partial charge in [0, 0.05) is 18.1 Å². The van der Waals surface area contributed by atoms with E-state index in [0.29, 0.717) is 29.9 Å². The maximum Gasteiger partial charge on any atom is 0.189 e. The molecule has 0 N–H and O–H groups in total. The average Bonchev–Trinajstić information content (AvgIpc) is 3.01. The van der Waals surface area contributed by atoms with Gasteiger partial charge in [0.05, 0.1) is 7.11 Å². The molecule has 0 bridgehead atoms. The van der Waals surface area contributed by atoms with E-state index in [2.05, 4.69) is 6.92 Å². The zero-order valence-electron chi connectivity index (χ0n) is 15.0. The van der Waals surface area contributed by atoms with Crippen LogP contribution < -0.4 is 4.74 Å². The number of allylic oxidation sites excluding steroid dienone is 1. The van der Waals surface area contributed by atoms with Crippen molar-refractivity contribution in [2.24, 2.45) is 11.8 Å². The zero-order chi connectivity index (χ0) is 18.0. The summed E-state index contributed by atoms with van der Waals surface area (Å²) in [6.07, 6.45) is 4.47. The third kappa shape index (κ3) is 3.30. The molecule has 0 aromatic heterocycles. The van der Waals surface area contributed by atoms with Crippen LogP contribution in [0.15, 0.2) is 30.0 Å². The molecular weight excluding hydrogens is 323 g/mol. The second kappa shape index (κ2) is 7.16. The van der Waals surface area contributed by atoms with Crippen LogP contribution in [0.2, 0.25) is 0 Å². The van der Waals surface area contributed by atoms with E-state index in [1.807, 2.05) is 6.92 Å². The quantitative estimate of drug-likeness (QED) is 0.779. The van der Waals surface area contributed by atoms with Gasteiger partial charge < -0.3 is 14.2 Å². The molecule has 0 saturated carbocycles. The van der Waals surface area contributed by atoms with Crippen molar-refractivity contribution in [1.82, 2.24) is 0 Å². The first-order valence-electron chi connectivity index (χ1n) is 8.85. The number of hydrogen-bond donors (Lipinski definition) is 0. The largest absolute Gasteiger partial charge is 0.497 e. The topological polar surface area (TPSA) is 44.8 Å². The van der Waals surface area contributed by atoms with E-state index >= 15 is 0 Å². The number of rotatable bonds is 6. The fourth-order valence-electron chi connectivity index (χ4n) is 3.92. The molecule has 1 aromatic carbocycles. The van der Waals surface area contributed by atoms with Crippen LogP contribution in [0, 0.1) is 17.7 Å². The van der Waals surface area contributed by atoms with Crippen LogP contribution in [0.1, 0.15) is 38.7 Å². The Morgan fingerprint density at radius 1 is 1.44 bits per heavy atom. The Hall–Kier alpha value is -1.88. The van der Waals surface area contributed by atoms with Crippen molar-refractivity contribution in [3.05, 3.63) is 41.4 Å². The lowest BCUT2D eigenvalue weighted by Gasteiger charge is -2.38. The van der Waals surface area contributed by atoms with Crippen molar-refractivity contribution in [1.29, 1.82) is 0 Å². The number of ketones is 1. The van der Waals surface area contributed by atoms with E-state index in [-0.39, 0.29) is 30.2 Å². The van der Waals surface area contributed by atoms with E-state index < -0.39 is 5.60 Å². The van der Waals surface area contributed by atoms with Gasteiger partial charge in [0.25, 0.3) is 0 Å². The average molecular weight is 348 g/mol. The summed E-state index contributed by atoms with van der Waals surface area (Å²) < 4.78 is 31.0. The van der Waals surface area contributed by atoms with Gasteiger partial charge in [-0.25, -0.2) is 4.39 Å². The number of carbonyl (C=O) groups excluding carboxylic acids is 1. The molecule has 1 aliphatic heterocycles. The lowest BCUT2D eigenvalue weighted by molar-refractivity contribution is -0.123. The molecule has 0 amide bonds. The van der Waals surface area contributed by atoms with Gasteiger partial charge in [0.2, 0.25) is 0 Å². The number of fused-ring (bicyclic) bond motifs is 1. The van der Waals surface area contributed by atoms with E-state index in [1.165, 1.54) is 13.2 Å². The van der Waals surface area contributed by atoms with Gasteiger partial charge in [-0.3, -0.25) is 4.79 Å². The molecule has 136 valence electrons. The predicted molar refractivity (Wildman–Crippen MR) is 91.7 cm³/mol. The Labute approximate surface area is 148 Å². The minimum absolute atomic E-state index is 0.0170. The van der Waals surface area contributed by atoms with Crippen LogP contribution in [0.5, 0.6) is 5.75 Å². The first kappa shape index (κ1) is 17.9. The maximum absolute atomic E-state index is 14.3. The van der Waals surface area contributed by atoms with Crippen LogP contribution in [0.25, 0.3) is 0 Å². The molecule has 1 aliphatic carbocycles. The molecule has 25 heavy (non-hydrogen) atoms. The molecule has 5 heteroatoms. The monoisotopic (exact) mass is 348 g/mol. The summed E-state index contributed by atoms with van der Waals surface area (Å²) in [5.74, 6) is 0.853. The third-order valence-corrected chi connectivity index (χ3v) is 5.39. The summed E-state index contributed by atoms with van der Waals surface area (Å²) in [4.78, 5) is 12.3. The summed E-state index contributed by atoms with van der Waals surface area (Å²) in [5, 5.41) is 0. The molecule has 2 aliphatic rings. The standard InChI is InChI=1S/C20H25FO4/c1-4-5-15-11-20(19(10-18(15)22)24-12-25-20)13(2)8-14-6-7-16(23-3)9-17(14)21/h6-7,9-10,13,15H,4-5,8,11-12H2,1-3H3. The van der Waals surface area contributed by atoms with Gasteiger partial charge in [-0.05, 0) is 36.8 Å². The van der Waals surface area contributed by atoms with Crippen molar-refractivity contribution in [3.63, 3.8) is 0 Å². The molecule has 4 nitrogen and oxygen atoms in total. The smallest absolute Gasteiger partial charge is 0.189 e. The number of hydrogen-bond acceptors (Lipinski definition) is 4. The van der Waals surface area contributed by atoms with E-state index in [0.717, 1.165) is 12.8 Å². The Bertz CT molecular complexity index is 684. The highest BCUT2D eigenvalue weighted by Crippen LogP contribution is 2.46. The maximum atomic E-state index is 14.3. The molecule has 1 fully saturated rings. The van der Waals surface area contributed by atoms with Crippen LogP contribution >= 0.6 is 0 Å².